The van der Waals surface area contributed by atoms with E-state index < -0.39 is 6.10 Å². The van der Waals surface area contributed by atoms with Crippen molar-refractivity contribution in [3.63, 3.8) is 0 Å². The molecule has 1 aromatic carbocycles. The molecule has 0 amide bonds. The largest absolute Gasteiger partial charge is 0.390 e. The van der Waals surface area contributed by atoms with E-state index in [0.717, 1.165) is 10.4 Å². The van der Waals surface area contributed by atoms with Gasteiger partial charge in [-0.25, -0.2) is 9.37 Å². The third kappa shape index (κ3) is 3.28. The Bertz CT molecular complexity index is 985. The summed E-state index contributed by atoms with van der Waals surface area (Å²) in [4.78, 5) is 22.7. The predicted molar refractivity (Wildman–Crippen MR) is 99.8 cm³/mol. The second-order valence-corrected chi connectivity index (χ2v) is 7.60. The van der Waals surface area contributed by atoms with Crippen LogP contribution < -0.4 is 10.9 Å². The van der Waals surface area contributed by atoms with Crippen molar-refractivity contribution in [1.29, 1.82) is 0 Å². The normalized spacial score (nSPS) is 20.3. The number of likely N-dealkylation sites (N-methyl/N-ethyl adjacent to an activating group) is 1. The van der Waals surface area contributed by atoms with E-state index in [9.17, 15) is 14.3 Å². The summed E-state index contributed by atoms with van der Waals surface area (Å²) < 4.78 is 13.7. The van der Waals surface area contributed by atoms with Crippen LogP contribution in [-0.2, 0) is 6.54 Å². The minimum atomic E-state index is -0.429. The third-order valence-corrected chi connectivity index (χ3v) is 5.85. The highest BCUT2D eigenvalue weighted by molar-refractivity contribution is 7.22. The van der Waals surface area contributed by atoms with Crippen molar-refractivity contribution < 1.29 is 9.50 Å². The Balaban J connectivity index is 1.63. The number of aromatic nitrogens is 2. The highest BCUT2D eigenvalue weighted by Crippen LogP contribution is 2.31. The van der Waals surface area contributed by atoms with Crippen LogP contribution in [0.4, 0.5) is 4.39 Å². The van der Waals surface area contributed by atoms with Crippen LogP contribution in [0.2, 0.25) is 0 Å². The van der Waals surface area contributed by atoms with Crippen molar-refractivity contribution in [1.82, 2.24) is 20.2 Å². The van der Waals surface area contributed by atoms with Gasteiger partial charge in [0.15, 0.2) is 0 Å². The van der Waals surface area contributed by atoms with E-state index in [0.29, 0.717) is 35.7 Å². The summed E-state index contributed by atoms with van der Waals surface area (Å²) in [5, 5.41) is 13.1. The summed E-state index contributed by atoms with van der Waals surface area (Å²) in [6, 6.07) is 8.04. The van der Waals surface area contributed by atoms with Crippen molar-refractivity contribution in [2.24, 2.45) is 0 Å². The molecule has 0 spiro atoms. The SMILES string of the molecule is CN(Cc1nc2cc(-c3ccc(F)cc3)sc2c(=O)[nH]1)[C@@H]1CNC[C@H]1O. The number of halogens is 1. The van der Waals surface area contributed by atoms with Gasteiger partial charge in [-0.15, -0.1) is 11.3 Å². The number of aliphatic hydroxyl groups excluding tert-OH is 1. The average Bonchev–Trinajstić information content (AvgIpc) is 3.22. The van der Waals surface area contributed by atoms with Crippen LogP contribution in [0.25, 0.3) is 20.7 Å². The Labute approximate surface area is 153 Å². The number of benzene rings is 1. The van der Waals surface area contributed by atoms with E-state index in [1.165, 1.54) is 23.5 Å². The minimum absolute atomic E-state index is 0.00625. The zero-order valence-corrected chi connectivity index (χ0v) is 15.0. The number of thiophene rings is 1. The van der Waals surface area contributed by atoms with Gasteiger partial charge < -0.3 is 15.4 Å². The van der Waals surface area contributed by atoms with Crippen molar-refractivity contribution in [3.8, 4) is 10.4 Å². The Kier molecular flexibility index (Phi) is 4.58. The quantitative estimate of drug-likeness (QED) is 0.646. The van der Waals surface area contributed by atoms with Crippen LogP contribution in [0.3, 0.4) is 0 Å². The first-order valence-corrected chi connectivity index (χ1v) is 9.20. The Hall–Kier alpha value is -2.13. The average molecular weight is 374 g/mol. The number of aromatic amines is 1. The van der Waals surface area contributed by atoms with Gasteiger partial charge in [0.2, 0.25) is 0 Å². The fraction of sp³-hybridized carbons (Fsp3) is 0.333. The summed E-state index contributed by atoms with van der Waals surface area (Å²) in [7, 11) is 1.91. The molecule has 3 heterocycles. The highest BCUT2D eigenvalue weighted by Gasteiger charge is 2.28. The molecule has 26 heavy (non-hydrogen) atoms. The van der Waals surface area contributed by atoms with Gasteiger partial charge in [-0.05, 0) is 30.8 Å². The topological polar surface area (TPSA) is 81.2 Å². The molecule has 1 aliphatic heterocycles. The van der Waals surface area contributed by atoms with E-state index in [2.05, 4.69) is 15.3 Å². The third-order valence-electron chi connectivity index (χ3n) is 4.68. The van der Waals surface area contributed by atoms with Crippen LogP contribution in [0.1, 0.15) is 5.82 Å². The van der Waals surface area contributed by atoms with Crippen LogP contribution in [0.15, 0.2) is 35.1 Å². The zero-order valence-electron chi connectivity index (χ0n) is 14.2. The van der Waals surface area contributed by atoms with Gasteiger partial charge in [0.1, 0.15) is 16.3 Å². The maximum atomic E-state index is 13.1. The number of fused-ring (bicyclic) bond motifs is 1. The monoisotopic (exact) mass is 374 g/mol. The van der Waals surface area contributed by atoms with Crippen LogP contribution in [0.5, 0.6) is 0 Å². The van der Waals surface area contributed by atoms with E-state index >= 15 is 0 Å². The number of nitrogens with zero attached hydrogens (tertiary/aromatic N) is 2. The van der Waals surface area contributed by atoms with Gasteiger partial charge in [-0.2, -0.15) is 0 Å². The fourth-order valence-electron chi connectivity index (χ4n) is 3.27. The van der Waals surface area contributed by atoms with Crippen LogP contribution in [-0.4, -0.2) is 52.3 Å². The molecule has 1 fully saturated rings. The first-order valence-electron chi connectivity index (χ1n) is 8.39. The van der Waals surface area contributed by atoms with E-state index in [1.54, 1.807) is 12.1 Å². The molecule has 0 bridgehead atoms. The lowest BCUT2D eigenvalue weighted by Crippen LogP contribution is -2.40. The van der Waals surface area contributed by atoms with Crippen molar-refractivity contribution >= 4 is 21.6 Å². The van der Waals surface area contributed by atoms with Gasteiger partial charge in [0.25, 0.3) is 5.56 Å². The molecule has 0 saturated carbocycles. The number of rotatable bonds is 4. The summed E-state index contributed by atoms with van der Waals surface area (Å²) in [5.74, 6) is 0.271. The number of H-pyrrole nitrogens is 1. The highest BCUT2D eigenvalue weighted by atomic mass is 32.1. The summed E-state index contributed by atoms with van der Waals surface area (Å²) >= 11 is 1.34. The smallest absolute Gasteiger partial charge is 0.268 e. The maximum absolute atomic E-state index is 13.1. The van der Waals surface area contributed by atoms with E-state index in [1.807, 2.05) is 18.0 Å². The van der Waals surface area contributed by atoms with Gasteiger partial charge in [-0.3, -0.25) is 9.69 Å². The van der Waals surface area contributed by atoms with E-state index in [-0.39, 0.29) is 17.4 Å². The lowest BCUT2D eigenvalue weighted by molar-refractivity contribution is 0.0941. The molecular formula is C18H19FN4O2S. The Morgan fingerprint density at radius 3 is 2.81 bits per heavy atom. The maximum Gasteiger partial charge on any atom is 0.268 e. The minimum Gasteiger partial charge on any atom is -0.390 e. The predicted octanol–water partition coefficient (Wildman–Crippen LogP) is 1.56. The number of hydrogen-bond acceptors (Lipinski definition) is 6. The second-order valence-electron chi connectivity index (χ2n) is 6.55. The molecule has 0 unspecified atom stereocenters. The van der Waals surface area contributed by atoms with Gasteiger partial charge in [0.05, 0.1) is 18.2 Å². The lowest BCUT2D eigenvalue weighted by Gasteiger charge is -2.25. The molecular weight excluding hydrogens is 355 g/mol. The molecule has 6 nitrogen and oxygen atoms in total. The number of aliphatic hydroxyl groups is 1. The molecule has 4 rings (SSSR count). The fourth-order valence-corrected chi connectivity index (χ4v) is 4.27. The molecule has 3 aromatic rings. The lowest BCUT2D eigenvalue weighted by atomic mass is 10.2. The molecule has 2 atom stereocenters. The van der Waals surface area contributed by atoms with Gasteiger partial charge in [-0.1, -0.05) is 12.1 Å². The first kappa shape index (κ1) is 17.3. The molecule has 2 aromatic heterocycles. The van der Waals surface area contributed by atoms with E-state index in [4.69, 9.17) is 0 Å². The molecule has 8 heteroatoms. The Morgan fingerprint density at radius 2 is 2.12 bits per heavy atom. The molecule has 1 aliphatic rings. The van der Waals surface area contributed by atoms with Crippen molar-refractivity contribution in [3.05, 3.63) is 52.3 Å². The molecule has 0 aliphatic carbocycles. The molecule has 0 radical (unpaired) electrons. The summed E-state index contributed by atoms with van der Waals surface area (Å²) in [5.41, 5.74) is 1.31. The van der Waals surface area contributed by atoms with Crippen LogP contribution in [0, 0.1) is 5.82 Å². The Morgan fingerprint density at radius 1 is 1.35 bits per heavy atom. The summed E-state index contributed by atoms with van der Waals surface area (Å²) in [6.45, 7) is 1.72. The van der Waals surface area contributed by atoms with Crippen molar-refractivity contribution in [2.75, 3.05) is 20.1 Å². The molecule has 3 N–H and O–H groups in total. The van der Waals surface area contributed by atoms with Gasteiger partial charge in [0, 0.05) is 24.0 Å². The van der Waals surface area contributed by atoms with Crippen molar-refractivity contribution in [2.45, 2.75) is 18.7 Å². The standard InChI is InChI=1S/C18H19FN4O2S/c1-23(13-7-20-8-14(13)24)9-16-21-12-6-15(26-17(12)18(25)22-16)10-2-4-11(19)5-3-10/h2-6,13-14,20,24H,7-9H2,1H3,(H,21,22,25)/t13-,14-/m1/s1. The number of β-amino-alcohol motifs (C(OH)–C–C–N with tert-alkyl or cyclic N) is 1. The second kappa shape index (κ2) is 6.88. The number of hydrogen-bond donors (Lipinski definition) is 3. The van der Waals surface area contributed by atoms with Crippen LogP contribution >= 0.6 is 11.3 Å². The molecule has 1 saturated heterocycles. The first-order chi connectivity index (χ1) is 12.5. The molecule has 136 valence electrons. The zero-order chi connectivity index (χ0) is 18.3. The summed E-state index contributed by atoms with van der Waals surface area (Å²) in [6.07, 6.45) is -0.429. The van der Waals surface area contributed by atoms with Gasteiger partial charge >= 0.3 is 0 Å². The number of nitrogens with one attached hydrogen (secondary N) is 2.